The number of allylic oxidation sites excluding steroid dienone is 4. The van der Waals surface area contributed by atoms with Gasteiger partial charge in [-0.2, -0.15) is 0 Å². The summed E-state index contributed by atoms with van der Waals surface area (Å²) in [6, 6.07) is 0. The molecule has 2 unspecified atom stereocenters. The third-order valence-corrected chi connectivity index (χ3v) is 11.9. The number of rotatable bonds is 43. The average Bonchev–Trinajstić information content (AvgIpc) is 3.19. The summed E-state index contributed by atoms with van der Waals surface area (Å²) in [5.74, 6) is 0.646. The van der Waals surface area contributed by atoms with Crippen LogP contribution in [0.4, 0.5) is 0 Å². The Bertz CT molecular complexity index is 984. The van der Waals surface area contributed by atoms with E-state index in [0.717, 1.165) is 77.2 Å². The number of hydrogen-bond donors (Lipinski definition) is 0. The van der Waals surface area contributed by atoms with Crippen LogP contribution in [0.5, 0.6) is 0 Å². The molecular weight excluding hydrogens is 747 g/mol. The monoisotopic (exact) mass is 846 g/mol. The highest BCUT2D eigenvalue weighted by atomic mass is 16.6. The lowest BCUT2D eigenvalue weighted by Gasteiger charge is -2.18. The Kier molecular flexibility index (Phi) is 40.7. The molecule has 60 heavy (non-hydrogen) atoms. The predicted octanol–water partition coefficient (Wildman–Crippen LogP) is 15.2. The second-order valence-corrected chi connectivity index (χ2v) is 18.8. The Morgan fingerprint density at radius 1 is 0.383 bits per heavy atom. The molecule has 0 fully saturated rings. The molecule has 0 heterocycles. The van der Waals surface area contributed by atoms with E-state index in [2.05, 4.69) is 71.0 Å². The minimum Gasteiger partial charge on any atom is -0.462 e. The van der Waals surface area contributed by atoms with Crippen molar-refractivity contribution in [3.63, 3.8) is 0 Å². The van der Waals surface area contributed by atoms with Gasteiger partial charge in [-0.25, -0.2) is 0 Å². The quantitative estimate of drug-likeness (QED) is 0.0262. The van der Waals surface area contributed by atoms with Gasteiger partial charge in [0.2, 0.25) is 0 Å². The van der Waals surface area contributed by atoms with E-state index in [0.29, 0.717) is 31.1 Å². The highest BCUT2D eigenvalue weighted by Crippen LogP contribution is 2.19. The Labute approximate surface area is 372 Å². The number of carbonyl (C=O) groups is 3. The van der Waals surface area contributed by atoms with Crippen molar-refractivity contribution in [3.05, 3.63) is 24.3 Å². The van der Waals surface area contributed by atoms with Crippen LogP contribution < -0.4 is 0 Å². The molecule has 352 valence electrons. The van der Waals surface area contributed by atoms with E-state index in [-0.39, 0.29) is 36.2 Å². The summed E-state index contributed by atoms with van der Waals surface area (Å²) in [6.07, 6.45) is 45.3. The first kappa shape index (κ1) is 57.9. The van der Waals surface area contributed by atoms with Gasteiger partial charge in [0.05, 0.1) is 0 Å². The Morgan fingerprint density at radius 3 is 1.00 bits per heavy atom. The van der Waals surface area contributed by atoms with Gasteiger partial charge in [0, 0.05) is 19.3 Å². The number of carbonyl (C=O) groups excluding carboxylic acids is 3. The molecule has 2 atom stereocenters. The van der Waals surface area contributed by atoms with E-state index in [1.807, 2.05) is 13.8 Å². The topological polar surface area (TPSA) is 82.1 Å². The van der Waals surface area contributed by atoms with Gasteiger partial charge in [-0.3, -0.25) is 14.4 Å². The zero-order chi connectivity index (χ0) is 44.5. The first-order valence-electron chi connectivity index (χ1n) is 25.5. The fourth-order valence-corrected chi connectivity index (χ4v) is 7.13. The summed E-state index contributed by atoms with van der Waals surface area (Å²) < 4.78 is 16.9. The molecule has 0 N–H and O–H groups in total. The molecule has 0 aromatic rings. The molecule has 0 aliphatic carbocycles. The van der Waals surface area contributed by atoms with Crippen LogP contribution in [0.25, 0.3) is 0 Å². The first-order valence-corrected chi connectivity index (χ1v) is 25.5. The molecule has 7 nitrogen and oxygen atoms in total. The van der Waals surface area contributed by atoms with Crippen molar-refractivity contribution in [2.75, 3.05) is 20.6 Å². The molecule has 0 aromatic heterocycles. The molecule has 0 aliphatic rings. The van der Waals surface area contributed by atoms with Crippen LogP contribution in [0.1, 0.15) is 247 Å². The lowest BCUT2D eigenvalue weighted by Crippen LogP contribution is -2.20. The smallest absolute Gasteiger partial charge is 0.306 e. The fourth-order valence-electron chi connectivity index (χ4n) is 7.13. The van der Waals surface area contributed by atoms with Crippen LogP contribution in [-0.2, 0) is 28.6 Å². The van der Waals surface area contributed by atoms with Gasteiger partial charge in [-0.1, -0.05) is 142 Å². The predicted molar refractivity (Wildman–Crippen MR) is 255 cm³/mol. The van der Waals surface area contributed by atoms with Gasteiger partial charge >= 0.3 is 17.9 Å². The maximum Gasteiger partial charge on any atom is 0.306 e. The number of nitrogens with zero attached hydrogens (tertiary/aromatic N) is 1. The van der Waals surface area contributed by atoms with Crippen LogP contribution in [0.3, 0.4) is 0 Å². The summed E-state index contributed by atoms with van der Waals surface area (Å²) in [5, 5.41) is 0. The average molecular weight is 846 g/mol. The summed E-state index contributed by atoms with van der Waals surface area (Å²) in [4.78, 5) is 38.5. The van der Waals surface area contributed by atoms with Crippen molar-refractivity contribution in [3.8, 4) is 0 Å². The van der Waals surface area contributed by atoms with Gasteiger partial charge in [-0.05, 0) is 143 Å². The van der Waals surface area contributed by atoms with Crippen LogP contribution in [0.2, 0.25) is 0 Å². The summed E-state index contributed by atoms with van der Waals surface area (Å²) in [7, 11) is 4.10. The van der Waals surface area contributed by atoms with E-state index >= 15 is 0 Å². The van der Waals surface area contributed by atoms with Gasteiger partial charge in [0.1, 0.15) is 18.3 Å². The van der Waals surface area contributed by atoms with Crippen molar-refractivity contribution in [2.45, 2.75) is 265 Å². The third-order valence-electron chi connectivity index (χ3n) is 11.9. The molecule has 0 spiro atoms. The summed E-state index contributed by atoms with van der Waals surface area (Å²) >= 11 is 0. The Balaban J connectivity index is 3.95. The zero-order valence-electron chi connectivity index (χ0n) is 40.9. The number of unbranched alkanes of at least 4 members (excludes halogenated alkanes) is 22. The van der Waals surface area contributed by atoms with Crippen LogP contribution in [-0.4, -0.2) is 61.8 Å². The molecule has 0 radical (unpaired) electrons. The maximum absolute atomic E-state index is 12.6. The number of hydrogen-bond acceptors (Lipinski definition) is 7. The normalized spacial score (nSPS) is 13.5. The van der Waals surface area contributed by atoms with Gasteiger partial charge in [-0.15, -0.1) is 0 Å². The van der Waals surface area contributed by atoms with Crippen molar-refractivity contribution in [1.29, 1.82) is 0 Å². The summed E-state index contributed by atoms with van der Waals surface area (Å²) in [5.41, 5.74) is 0. The molecule has 0 aromatic carbocycles. The second-order valence-electron chi connectivity index (χ2n) is 18.8. The van der Waals surface area contributed by atoms with Gasteiger partial charge in [0.15, 0.2) is 0 Å². The van der Waals surface area contributed by atoms with Crippen molar-refractivity contribution in [2.24, 2.45) is 11.8 Å². The molecule has 0 bridgehead atoms. The van der Waals surface area contributed by atoms with E-state index in [9.17, 15) is 14.4 Å². The van der Waals surface area contributed by atoms with Crippen molar-refractivity contribution < 1.29 is 28.6 Å². The minimum absolute atomic E-state index is 0.00979. The summed E-state index contributed by atoms with van der Waals surface area (Å²) in [6.45, 7) is 13.2. The molecule has 0 saturated carbocycles. The fraction of sp³-hybridized carbons (Fsp3) is 0.868. The minimum atomic E-state index is -0.0450. The van der Waals surface area contributed by atoms with Gasteiger partial charge in [0.25, 0.3) is 0 Å². The van der Waals surface area contributed by atoms with E-state index < -0.39 is 0 Å². The lowest BCUT2D eigenvalue weighted by atomic mass is 10.0. The largest absolute Gasteiger partial charge is 0.462 e. The molecular formula is C53H99NO6. The van der Waals surface area contributed by atoms with Gasteiger partial charge < -0.3 is 19.1 Å². The highest BCUT2D eigenvalue weighted by Gasteiger charge is 2.15. The Morgan fingerprint density at radius 2 is 0.667 bits per heavy atom. The third kappa shape index (κ3) is 41.2. The van der Waals surface area contributed by atoms with Crippen LogP contribution in [0.15, 0.2) is 24.3 Å². The SMILES string of the molecule is CC(C)C(C)OC(=O)CCCCCCC/C=C\CCCCCCCCC(CCCCCCCC/C=C\CCCCCCCC(=O)OC(C)C(C)C)OC(=O)CCCN(C)C. The maximum atomic E-state index is 12.6. The van der Waals surface area contributed by atoms with Crippen molar-refractivity contribution in [1.82, 2.24) is 4.90 Å². The molecule has 0 aliphatic heterocycles. The molecule has 0 saturated heterocycles. The Hall–Kier alpha value is -2.15. The number of ether oxygens (including phenoxy) is 3. The highest BCUT2D eigenvalue weighted by molar-refractivity contribution is 5.70. The standard InChI is InChI=1S/C53H99NO6/c1-46(2)48(5)58-51(55)42-37-33-29-25-21-17-13-9-11-15-19-23-27-31-35-40-50(60-53(57)44-39-45-54(7)8)41-36-32-28-24-20-16-12-10-14-18-22-26-30-34-38-43-52(56)59-49(6)47(3)4/h9-10,13-14,46-50H,11-12,15-45H2,1-8H3/b13-9-,14-10-. The zero-order valence-corrected chi connectivity index (χ0v) is 40.9. The number of esters is 3. The molecule has 0 amide bonds. The molecule has 7 heteroatoms. The lowest BCUT2D eigenvalue weighted by molar-refractivity contribution is -0.151. The van der Waals surface area contributed by atoms with Crippen molar-refractivity contribution >= 4 is 17.9 Å². The van der Waals surface area contributed by atoms with E-state index in [1.54, 1.807) is 0 Å². The molecule has 0 rings (SSSR count). The van der Waals surface area contributed by atoms with E-state index in [4.69, 9.17) is 14.2 Å². The second kappa shape index (κ2) is 42.2. The first-order chi connectivity index (χ1) is 28.9. The van der Waals surface area contributed by atoms with E-state index in [1.165, 1.54) is 116 Å². The van der Waals surface area contributed by atoms with Crippen LogP contribution >= 0.6 is 0 Å². The van der Waals surface area contributed by atoms with Crippen LogP contribution in [0, 0.1) is 11.8 Å².